The van der Waals surface area contributed by atoms with Crippen molar-refractivity contribution in [1.29, 1.82) is 5.26 Å². The topological polar surface area (TPSA) is 111 Å². The van der Waals surface area contributed by atoms with Crippen LogP contribution in [0.5, 0.6) is 0 Å². The largest absolute Gasteiger partial charge is 0.269 e. The lowest BCUT2D eigenvalue weighted by molar-refractivity contribution is -0.384. The summed E-state index contributed by atoms with van der Waals surface area (Å²) in [4.78, 5) is 10.7. The summed E-state index contributed by atoms with van der Waals surface area (Å²) in [6.45, 7) is 0. The van der Waals surface area contributed by atoms with Gasteiger partial charge in [-0.2, -0.15) is 5.26 Å². The van der Waals surface area contributed by atoms with Gasteiger partial charge in [-0.3, -0.25) is 10.1 Å². The number of hydrogen-bond donors (Lipinski definition) is 0. The molecule has 0 aliphatic carbocycles. The third-order valence-electron chi connectivity index (χ3n) is 2.34. The zero-order valence-electron chi connectivity index (χ0n) is 10.3. The van der Waals surface area contributed by atoms with E-state index in [1.54, 1.807) is 19.2 Å². The first-order chi connectivity index (χ1) is 9.61. The maximum absolute atomic E-state index is 10.6. The van der Waals surface area contributed by atoms with Gasteiger partial charge in [0, 0.05) is 30.2 Å². The van der Waals surface area contributed by atoms with Crippen molar-refractivity contribution in [1.82, 2.24) is 20.2 Å². The fourth-order valence-corrected chi connectivity index (χ4v) is 2.19. The van der Waals surface area contributed by atoms with Crippen LogP contribution in [0.25, 0.3) is 4.91 Å². The van der Waals surface area contributed by atoms with E-state index in [1.165, 1.54) is 34.7 Å². The Bertz CT molecular complexity index is 700. The summed E-state index contributed by atoms with van der Waals surface area (Å²) in [5.74, 6) is 0. The smallest absolute Gasteiger partial charge is 0.258 e. The highest BCUT2D eigenvalue weighted by Gasteiger charge is 2.11. The van der Waals surface area contributed by atoms with E-state index in [9.17, 15) is 10.1 Å². The number of aromatic nitrogens is 4. The number of non-ortho nitro benzene ring substituents is 1. The molecule has 0 saturated heterocycles. The molecule has 0 radical (unpaired) electrons. The van der Waals surface area contributed by atoms with E-state index in [2.05, 4.69) is 15.5 Å². The second-order valence-electron chi connectivity index (χ2n) is 3.63. The third kappa shape index (κ3) is 2.99. The molecular weight excluding hydrogens is 280 g/mol. The summed E-state index contributed by atoms with van der Waals surface area (Å²) in [6.07, 6.45) is 1.35. The number of allylic oxidation sites excluding steroid dienone is 1. The van der Waals surface area contributed by atoms with Gasteiger partial charge in [-0.25, -0.2) is 4.68 Å². The summed E-state index contributed by atoms with van der Waals surface area (Å²) in [6, 6.07) is 7.87. The molecule has 1 heterocycles. The number of tetrazole rings is 1. The van der Waals surface area contributed by atoms with E-state index in [0.717, 1.165) is 0 Å². The fourth-order valence-electron chi connectivity index (χ4n) is 1.38. The van der Waals surface area contributed by atoms with Crippen LogP contribution in [0.4, 0.5) is 5.69 Å². The summed E-state index contributed by atoms with van der Waals surface area (Å²) >= 11 is 1.21. The summed E-state index contributed by atoms with van der Waals surface area (Å²) in [5, 5.41) is 31.0. The number of thioether (sulfide) groups is 1. The Kier molecular flexibility index (Phi) is 4.07. The van der Waals surface area contributed by atoms with Gasteiger partial charge in [0.05, 0.1) is 11.0 Å². The quantitative estimate of drug-likeness (QED) is 0.365. The lowest BCUT2D eigenvalue weighted by Gasteiger charge is -2.04. The fraction of sp³-hybridized carbons (Fsp3) is 0.0909. The molecule has 0 atom stereocenters. The number of hydrogen-bond acceptors (Lipinski definition) is 7. The van der Waals surface area contributed by atoms with Gasteiger partial charge < -0.3 is 0 Å². The van der Waals surface area contributed by atoms with Gasteiger partial charge >= 0.3 is 0 Å². The number of benzene rings is 1. The van der Waals surface area contributed by atoms with Crippen molar-refractivity contribution in [3.05, 3.63) is 46.0 Å². The van der Waals surface area contributed by atoms with Crippen molar-refractivity contribution in [2.75, 3.05) is 0 Å². The van der Waals surface area contributed by atoms with Crippen molar-refractivity contribution < 1.29 is 4.92 Å². The van der Waals surface area contributed by atoms with Crippen molar-refractivity contribution >= 4 is 22.4 Å². The number of nitriles is 1. The molecule has 1 aromatic heterocycles. The van der Waals surface area contributed by atoms with E-state index in [-0.39, 0.29) is 5.69 Å². The van der Waals surface area contributed by atoms with Crippen LogP contribution >= 0.6 is 11.8 Å². The number of nitro groups is 1. The van der Waals surface area contributed by atoms with Crippen LogP contribution in [0.1, 0.15) is 5.56 Å². The predicted octanol–water partition coefficient (Wildman–Crippen LogP) is 1.78. The molecule has 2 rings (SSSR count). The zero-order valence-corrected chi connectivity index (χ0v) is 11.1. The first kappa shape index (κ1) is 13.7. The minimum Gasteiger partial charge on any atom is -0.258 e. The normalized spacial score (nSPS) is 11.1. The highest BCUT2D eigenvalue weighted by Crippen LogP contribution is 2.32. The molecule has 20 heavy (non-hydrogen) atoms. The summed E-state index contributed by atoms with van der Waals surface area (Å²) in [7, 11) is 1.68. The standard InChI is InChI=1S/C11H8N6O2S/c1-16-11(13-14-15-16)20-10(6-7-12)8-2-4-9(5-3-8)17(18)19/h2-6H,1H3/b10-6-. The maximum Gasteiger partial charge on any atom is 0.269 e. The molecule has 0 amide bonds. The summed E-state index contributed by atoms with van der Waals surface area (Å²) in [5.41, 5.74) is 0.681. The van der Waals surface area contributed by atoms with E-state index in [1.807, 2.05) is 6.07 Å². The van der Waals surface area contributed by atoms with E-state index in [4.69, 9.17) is 5.26 Å². The molecule has 0 spiro atoms. The zero-order chi connectivity index (χ0) is 14.5. The monoisotopic (exact) mass is 288 g/mol. The van der Waals surface area contributed by atoms with Crippen LogP contribution in [-0.4, -0.2) is 25.1 Å². The van der Waals surface area contributed by atoms with Gasteiger partial charge in [0.2, 0.25) is 5.16 Å². The van der Waals surface area contributed by atoms with Gasteiger partial charge in [-0.15, -0.1) is 5.10 Å². The van der Waals surface area contributed by atoms with E-state index >= 15 is 0 Å². The molecule has 0 aliphatic heterocycles. The Balaban J connectivity index is 2.30. The van der Waals surface area contributed by atoms with Crippen LogP contribution in [0, 0.1) is 21.4 Å². The number of nitrogens with zero attached hydrogens (tertiary/aromatic N) is 6. The highest BCUT2D eigenvalue weighted by molar-refractivity contribution is 8.08. The van der Waals surface area contributed by atoms with Crippen molar-refractivity contribution in [3.63, 3.8) is 0 Å². The SMILES string of the molecule is Cn1nnnc1S/C(=C\C#N)c1ccc([N+](=O)[O-])cc1. The Morgan fingerprint density at radius 1 is 1.50 bits per heavy atom. The minimum absolute atomic E-state index is 0.00428. The van der Waals surface area contributed by atoms with E-state index < -0.39 is 4.92 Å². The molecule has 100 valence electrons. The van der Waals surface area contributed by atoms with Gasteiger partial charge in [-0.05, 0) is 39.9 Å². The van der Waals surface area contributed by atoms with Gasteiger partial charge in [-0.1, -0.05) is 0 Å². The van der Waals surface area contributed by atoms with Gasteiger partial charge in [0.1, 0.15) is 0 Å². The maximum atomic E-state index is 10.6. The number of rotatable bonds is 4. The average molecular weight is 288 g/mol. The summed E-state index contributed by atoms with van der Waals surface area (Å²) < 4.78 is 1.47. The number of aryl methyl sites for hydroxylation is 1. The van der Waals surface area contributed by atoms with Gasteiger partial charge in [0.25, 0.3) is 5.69 Å². The molecule has 9 heteroatoms. The third-order valence-corrected chi connectivity index (χ3v) is 3.44. The van der Waals surface area contributed by atoms with Crippen LogP contribution in [-0.2, 0) is 7.05 Å². The van der Waals surface area contributed by atoms with Crippen molar-refractivity contribution in [2.24, 2.45) is 7.05 Å². The predicted molar refractivity (Wildman–Crippen MR) is 71.3 cm³/mol. The molecule has 0 aliphatic rings. The Labute approximate surface area is 117 Å². The Hall–Kier alpha value is -2.73. The van der Waals surface area contributed by atoms with Crippen LogP contribution in [0.15, 0.2) is 35.5 Å². The second-order valence-corrected chi connectivity index (χ2v) is 4.64. The first-order valence-corrected chi connectivity index (χ1v) is 6.18. The Morgan fingerprint density at radius 2 is 2.20 bits per heavy atom. The van der Waals surface area contributed by atoms with Crippen LogP contribution in [0.2, 0.25) is 0 Å². The molecule has 8 nitrogen and oxygen atoms in total. The molecule has 0 bridgehead atoms. The highest BCUT2D eigenvalue weighted by atomic mass is 32.2. The molecule has 0 saturated carbocycles. The average Bonchev–Trinajstić information content (AvgIpc) is 2.84. The molecule has 0 unspecified atom stereocenters. The minimum atomic E-state index is -0.475. The van der Waals surface area contributed by atoms with E-state index in [0.29, 0.717) is 15.6 Å². The molecule has 0 fully saturated rings. The van der Waals surface area contributed by atoms with Crippen LogP contribution in [0.3, 0.4) is 0 Å². The second kappa shape index (κ2) is 5.94. The van der Waals surface area contributed by atoms with Crippen molar-refractivity contribution in [3.8, 4) is 6.07 Å². The Morgan fingerprint density at radius 3 is 2.70 bits per heavy atom. The van der Waals surface area contributed by atoms with Crippen molar-refractivity contribution in [2.45, 2.75) is 5.16 Å². The lowest BCUT2D eigenvalue weighted by Crippen LogP contribution is -1.93. The lowest BCUT2D eigenvalue weighted by atomic mass is 10.2. The molecule has 2 aromatic rings. The van der Waals surface area contributed by atoms with Gasteiger partial charge in [0.15, 0.2) is 0 Å². The first-order valence-electron chi connectivity index (χ1n) is 5.36. The molecule has 1 aromatic carbocycles. The molecule has 0 N–H and O–H groups in total. The molecular formula is C11H8N6O2S. The number of nitro benzene ring substituents is 1. The van der Waals surface area contributed by atoms with Crippen LogP contribution < -0.4 is 0 Å².